The Hall–Kier alpha value is -0.200. The molecule has 4 aliphatic rings. The molecule has 4 saturated heterocycles. The minimum Gasteiger partial charge on any atom is -0.393 e. The van der Waals surface area contributed by atoms with Gasteiger partial charge in [0.2, 0.25) is 0 Å². The van der Waals surface area contributed by atoms with E-state index in [0.717, 1.165) is 104 Å². The highest BCUT2D eigenvalue weighted by molar-refractivity contribution is 9.08. The summed E-state index contributed by atoms with van der Waals surface area (Å²) in [5.41, 5.74) is 0. The van der Waals surface area contributed by atoms with E-state index in [2.05, 4.69) is 43.4 Å². The second-order valence-corrected chi connectivity index (χ2v) is 8.84. The van der Waals surface area contributed by atoms with Gasteiger partial charge in [-0.25, -0.2) is 0 Å². The minimum absolute atomic E-state index is 0. The van der Waals surface area contributed by atoms with Gasteiger partial charge in [-0.3, -0.25) is 9.18 Å². The number of ketones is 1. The Kier molecular flexibility index (Phi) is 49.0. The molecule has 0 aromatic carbocycles. The predicted molar refractivity (Wildman–Crippen MR) is 170 cm³/mol. The van der Waals surface area contributed by atoms with Gasteiger partial charge in [-0.05, 0) is 84.6 Å². The van der Waals surface area contributed by atoms with Crippen LogP contribution in [0, 0.1) is 0 Å². The molecule has 0 amide bonds. The highest BCUT2D eigenvalue weighted by atomic mass is 79.9. The van der Waals surface area contributed by atoms with E-state index >= 15 is 0 Å². The van der Waals surface area contributed by atoms with E-state index in [9.17, 15) is 9.18 Å². The van der Waals surface area contributed by atoms with Crippen LogP contribution in [0.3, 0.4) is 0 Å². The molecule has 0 spiro atoms. The summed E-state index contributed by atoms with van der Waals surface area (Å²) >= 11 is 2.94. The molecule has 0 aromatic rings. The first kappa shape index (κ1) is 50.6. The molecule has 0 aliphatic carbocycles. The number of nitrogens with one attached hydrogen (secondary N) is 2. The van der Waals surface area contributed by atoms with Crippen molar-refractivity contribution in [3.05, 3.63) is 0 Å². The van der Waals surface area contributed by atoms with Gasteiger partial charge >= 0.3 is 0 Å². The molecule has 0 unspecified atom stereocenters. The fourth-order valence-corrected chi connectivity index (χ4v) is 3.48. The van der Waals surface area contributed by atoms with Crippen molar-refractivity contribution < 1.29 is 24.5 Å². The first-order valence-electron chi connectivity index (χ1n) is 12.5. The molecule has 38 heavy (non-hydrogen) atoms. The number of hydrogen-bond acceptors (Lipinski definition) is 8. The maximum absolute atomic E-state index is 10.6. The van der Waals surface area contributed by atoms with Crippen LogP contribution >= 0.6 is 15.9 Å². The Labute approximate surface area is 245 Å². The van der Waals surface area contributed by atoms with Crippen molar-refractivity contribution in [2.24, 2.45) is 0 Å². The molecular formula is C28H68BrFN4O4. The zero-order chi connectivity index (χ0) is 26.2. The van der Waals surface area contributed by atoms with Gasteiger partial charge in [-0.2, -0.15) is 0 Å². The number of likely N-dealkylation sites (tertiary alicyclic amines) is 2. The van der Waals surface area contributed by atoms with Crippen LogP contribution in [0.4, 0.5) is 4.39 Å². The van der Waals surface area contributed by atoms with Gasteiger partial charge in [-0.15, -0.1) is 0 Å². The number of piperidine rings is 4. The number of aliphatic hydroxyl groups excluding tert-OH is 3. The number of rotatable bonds is 0. The van der Waals surface area contributed by atoms with Crippen LogP contribution in [0.25, 0.3) is 0 Å². The van der Waals surface area contributed by atoms with Crippen molar-refractivity contribution in [3.8, 4) is 0 Å². The molecule has 8 nitrogen and oxygen atoms in total. The van der Waals surface area contributed by atoms with Crippen LogP contribution in [-0.4, -0.2) is 129 Å². The fraction of sp³-hybridized carbons (Fsp3) is 0.964. The van der Waals surface area contributed by atoms with Gasteiger partial charge in [0.25, 0.3) is 0 Å². The van der Waals surface area contributed by atoms with Crippen molar-refractivity contribution in [1.29, 1.82) is 0 Å². The van der Waals surface area contributed by atoms with E-state index in [4.69, 9.17) is 15.3 Å². The monoisotopic (exact) mass is 622 g/mol. The molecular weight excluding hydrogens is 555 g/mol. The number of aliphatic hydroxyl groups is 3. The third kappa shape index (κ3) is 33.8. The van der Waals surface area contributed by atoms with Crippen molar-refractivity contribution >= 4 is 21.7 Å². The third-order valence-electron chi connectivity index (χ3n) is 5.85. The highest BCUT2D eigenvalue weighted by Crippen LogP contribution is 2.06. The van der Waals surface area contributed by atoms with Gasteiger partial charge in [0, 0.05) is 39.0 Å². The molecule has 10 heteroatoms. The molecule has 4 rings (SSSR count). The summed E-state index contributed by atoms with van der Waals surface area (Å²) in [6.07, 6.45) is 7.08. The first-order chi connectivity index (χ1) is 16.4. The second kappa shape index (κ2) is 36.8. The molecule has 0 atom stereocenters. The van der Waals surface area contributed by atoms with Crippen LogP contribution in [-0.2, 0) is 4.79 Å². The third-order valence-corrected chi connectivity index (χ3v) is 5.85. The Morgan fingerprint density at radius 2 is 0.895 bits per heavy atom. The summed E-state index contributed by atoms with van der Waals surface area (Å²) < 4.78 is 9.50. The zero-order valence-corrected chi connectivity index (χ0v) is 23.5. The van der Waals surface area contributed by atoms with Gasteiger partial charge < -0.3 is 35.8 Å². The molecule has 0 saturated carbocycles. The van der Waals surface area contributed by atoms with Crippen LogP contribution in [0.2, 0.25) is 0 Å². The van der Waals surface area contributed by atoms with E-state index in [0.29, 0.717) is 13.0 Å². The molecule has 0 aromatic heterocycles. The number of hydrogen-bond donors (Lipinski definition) is 5. The van der Waals surface area contributed by atoms with E-state index < -0.39 is 0 Å². The zero-order valence-electron chi connectivity index (χ0n) is 21.9. The topological polar surface area (TPSA) is 108 Å². The fourth-order valence-electron chi connectivity index (χ4n) is 3.48. The number of Topliss-reactive ketones (excluding diaryl/α,β-unsaturated/α-hetero) is 1. The maximum atomic E-state index is 10.6. The van der Waals surface area contributed by atoms with Crippen LogP contribution < -0.4 is 10.6 Å². The summed E-state index contributed by atoms with van der Waals surface area (Å²) in [5, 5.41) is 33.0. The Morgan fingerprint density at radius 1 is 0.632 bits per heavy atom. The molecule has 5 N–H and O–H groups in total. The average molecular weight is 624 g/mol. The lowest BCUT2D eigenvalue weighted by molar-refractivity contribution is -0.121. The van der Waals surface area contributed by atoms with Crippen LogP contribution in [0.1, 0.15) is 81.1 Å². The summed E-state index contributed by atoms with van der Waals surface area (Å²) in [4.78, 5) is 15.0. The van der Waals surface area contributed by atoms with Gasteiger partial charge in [0.15, 0.2) is 0 Å². The van der Waals surface area contributed by atoms with E-state index in [-0.39, 0.29) is 48.0 Å². The normalized spacial score (nSPS) is 20.2. The maximum Gasteiger partial charge on any atom is 0.135 e. The number of nitrogens with zero attached hydrogens (tertiary/aromatic N) is 2. The lowest BCUT2D eigenvalue weighted by atomic mass is 10.1. The van der Waals surface area contributed by atoms with Crippen LogP contribution in [0.15, 0.2) is 0 Å². The Bertz CT molecular complexity index is 401. The van der Waals surface area contributed by atoms with E-state index in [1.807, 2.05) is 12.9 Å². The van der Waals surface area contributed by atoms with Crippen molar-refractivity contribution in [3.63, 3.8) is 0 Å². The van der Waals surface area contributed by atoms with Crippen LogP contribution in [0.5, 0.6) is 0 Å². The SMILES string of the molecule is C.C.C.C.CBr.CF.CN1CCC(=O)CC1.CN1CCC(O)CC1.OC1CCNCC1.OC1CCNCC1. The van der Waals surface area contributed by atoms with E-state index in [1.165, 1.54) is 0 Å². The summed E-state index contributed by atoms with van der Waals surface area (Å²) in [6, 6.07) is 0. The molecule has 238 valence electrons. The Balaban J connectivity index is -0.0000000832. The van der Waals surface area contributed by atoms with E-state index in [1.54, 1.807) is 0 Å². The smallest absolute Gasteiger partial charge is 0.135 e. The van der Waals surface area contributed by atoms with Gasteiger partial charge in [-0.1, -0.05) is 45.6 Å². The minimum atomic E-state index is -0.0266. The van der Waals surface area contributed by atoms with Gasteiger partial charge in [0.05, 0.1) is 25.5 Å². The summed E-state index contributed by atoms with van der Waals surface area (Å²) in [6.45, 7) is 7.98. The first-order valence-corrected chi connectivity index (χ1v) is 14.1. The van der Waals surface area contributed by atoms with Crippen molar-refractivity contribution in [1.82, 2.24) is 20.4 Å². The molecule has 0 radical (unpaired) electrons. The number of alkyl halides is 2. The molecule has 0 bridgehead atoms. The summed E-state index contributed by atoms with van der Waals surface area (Å²) in [7, 11) is 4.64. The number of carbonyl (C=O) groups excluding carboxylic acids is 1. The second-order valence-electron chi connectivity index (χ2n) is 8.84. The molecule has 4 fully saturated rings. The highest BCUT2D eigenvalue weighted by Gasteiger charge is 2.12. The van der Waals surface area contributed by atoms with Gasteiger partial charge in [0.1, 0.15) is 5.78 Å². The van der Waals surface area contributed by atoms with Crippen molar-refractivity contribution in [2.45, 2.75) is 99.4 Å². The number of halogens is 2. The quantitative estimate of drug-likeness (QED) is 0.258. The predicted octanol–water partition coefficient (Wildman–Crippen LogP) is 3.96. The Morgan fingerprint density at radius 3 is 1.11 bits per heavy atom. The summed E-state index contributed by atoms with van der Waals surface area (Å²) in [5.74, 6) is 2.23. The average Bonchev–Trinajstić information content (AvgIpc) is 2.87. The number of carbonyl (C=O) groups is 1. The molecule has 4 heterocycles. The standard InChI is InChI=1S/C6H13NO.C6H11NO.2C5H11NO.CH3Br.CH3F.4CH4/c2*1-7-4-2-6(8)3-5-7;2*7-5-1-3-6-4-2-5;2*1-2;;;;/h6,8H,2-5H2,1H3;2-5H2,1H3;2*5-7H,1-4H2;2*1H3;4*1H4. The lowest BCUT2D eigenvalue weighted by Crippen LogP contribution is -2.32. The molecule has 4 aliphatic heterocycles. The lowest BCUT2D eigenvalue weighted by Gasteiger charge is -2.25. The largest absolute Gasteiger partial charge is 0.393 e. The van der Waals surface area contributed by atoms with Crippen molar-refractivity contribution in [2.75, 3.05) is 79.5 Å².